The van der Waals surface area contributed by atoms with E-state index in [9.17, 15) is 30.4 Å². The van der Waals surface area contributed by atoms with Crippen molar-refractivity contribution in [2.75, 3.05) is 0 Å². The van der Waals surface area contributed by atoms with E-state index in [0.29, 0.717) is 0 Å². The molecular weight excluding hydrogens is 297 g/mol. The highest BCUT2D eigenvalue weighted by molar-refractivity contribution is 7.89. The molecule has 0 unspecified atom stereocenters. The van der Waals surface area contributed by atoms with Gasteiger partial charge in [-0.2, -0.15) is 13.2 Å². The van der Waals surface area contributed by atoms with Crippen molar-refractivity contribution >= 4 is 10.0 Å². The lowest BCUT2D eigenvalue weighted by atomic mass is 10.1. The Bertz CT molecular complexity index is 585. The summed E-state index contributed by atoms with van der Waals surface area (Å²) in [5, 5.41) is 4.65. The summed E-state index contributed by atoms with van der Waals surface area (Å²) < 4.78 is 85.3. The Morgan fingerprint density at radius 1 is 1.32 bits per heavy atom. The highest BCUT2D eigenvalue weighted by Crippen LogP contribution is 2.36. The first-order chi connectivity index (χ1) is 8.48. The van der Waals surface area contributed by atoms with E-state index >= 15 is 0 Å². The second-order valence-corrected chi connectivity index (χ2v) is 4.92. The molecule has 1 aromatic rings. The van der Waals surface area contributed by atoms with Gasteiger partial charge in [-0.15, -0.1) is 0 Å². The second-order valence-electron chi connectivity index (χ2n) is 3.42. The Kier molecular flexibility index (Phi) is 4.12. The van der Waals surface area contributed by atoms with Crippen molar-refractivity contribution in [3.63, 3.8) is 0 Å². The number of halogens is 5. The first kappa shape index (κ1) is 15.7. The van der Waals surface area contributed by atoms with Gasteiger partial charge in [-0.3, -0.25) is 0 Å². The maximum absolute atomic E-state index is 12.7. The molecule has 0 radical (unpaired) electrons. The Balaban J connectivity index is 3.79. The van der Waals surface area contributed by atoms with Crippen molar-refractivity contribution in [1.82, 2.24) is 4.98 Å². The van der Waals surface area contributed by atoms with E-state index in [2.05, 4.69) is 10.1 Å². The molecule has 0 aliphatic heterocycles. The van der Waals surface area contributed by atoms with Gasteiger partial charge < -0.3 is 5.73 Å². The van der Waals surface area contributed by atoms with Crippen LogP contribution < -0.4 is 10.9 Å². The summed E-state index contributed by atoms with van der Waals surface area (Å²) in [6.07, 6.45) is -8.49. The SMILES string of the molecule is NCc1nc(C(F)F)cc(C(F)(F)F)c1S(N)(=O)=O. The normalized spacial score (nSPS) is 13.1. The number of primary sulfonamides is 1. The predicted molar refractivity (Wildman–Crippen MR) is 53.5 cm³/mol. The van der Waals surface area contributed by atoms with Gasteiger partial charge in [0, 0.05) is 6.54 Å². The summed E-state index contributed by atoms with van der Waals surface area (Å²) in [6, 6.07) is -0.0520. The molecule has 0 bridgehead atoms. The zero-order valence-electron chi connectivity index (χ0n) is 9.08. The van der Waals surface area contributed by atoms with E-state index < -0.39 is 51.0 Å². The lowest BCUT2D eigenvalue weighted by Crippen LogP contribution is -2.24. The lowest BCUT2D eigenvalue weighted by Gasteiger charge is -2.15. The van der Waals surface area contributed by atoms with Crippen LogP contribution in [0.5, 0.6) is 0 Å². The predicted octanol–water partition coefficient (Wildman–Crippen LogP) is 1.14. The quantitative estimate of drug-likeness (QED) is 0.818. The highest BCUT2D eigenvalue weighted by Gasteiger charge is 2.39. The molecule has 1 heterocycles. The third-order valence-corrected chi connectivity index (χ3v) is 3.09. The molecular formula is C8H8F5N3O2S. The topological polar surface area (TPSA) is 99.1 Å². The fourth-order valence-electron chi connectivity index (χ4n) is 1.39. The minimum atomic E-state index is -5.18. The Hall–Kier alpha value is -1.33. The van der Waals surface area contributed by atoms with Crippen LogP contribution in [0, 0.1) is 0 Å². The number of pyridine rings is 1. The molecule has 0 amide bonds. The van der Waals surface area contributed by atoms with Crippen molar-refractivity contribution in [2.24, 2.45) is 10.9 Å². The monoisotopic (exact) mass is 305 g/mol. The molecule has 1 rings (SSSR count). The molecule has 0 fully saturated rings. The minimum Gasteiger partial charge on any atom is -0.325 e. The van der Waals surface area contributed by atoms with Crippen LogP contribution in [0.3, 0.4) is 0 Å². The number of rotatable bonds is 3. The van der Waals surface area contributed by atoms with Gasteiger partial charge in [0.2, 0.25) is 10.0 Å². The molecule has 1 aromatic heterocycles. The van der Waals surface area contributed by atoms with Crippen molar-refractivity contribution in [1.29, 1.82) is 0 Å². The molecule has 0 saturated heterocycles. The van der Waals surface area contributed by atoms with Crippen LogP contribution in [0.1, 0.15) is 23.4 Å². The van der Waals surface area contributed by atoms with Crippen LogP contribution in [0.25, 0.3) is 0 Å². The van der Waals surface area contributed by atoms with E-state index in [1.54, 1.807) is 0 Å². The van der Waals surface area contributed by atoms with Gasteiger partial charge in [0.15, 0.2) is 0 Å². The molecule has 108 valence electrons. The van der Waals surface area contributed by atoms with E-state index in [4.69, 9.17) is 5.73 Å². The molecule has 4 N–H and O–H groups in total. The fraction of sp³-hybridized carbons (Fsp3) is 0.375. The number of sulfonamides is 1. The first-order valence-electron chi connectivity index (χ1n) is 4.60. The summed E-state index contributed by atoms with van der Waals surface area (Å²) in [5.41, 5.74) is 1.15. The fourth-order valence-corrected chi connectivity index (χ4v) is 2.32. The average Bonchev–Trinajstić information content (AvgIpc) is 2.24. The number of aromatic nitrogens is 1. The minimum absolute atomic E-state index is 0.0520. The van der Waals surface area contributed by atoms with E-state index in [0.717, 1.165) is 0 Å². The van der Waals surface area contributed by atoms with E-state index in [-0.39, 0.29) is 6.07 Å². The molecule has 0 aliphatic rings. The summed E-state index contributed by atoms with van der Waals surface area (Å²) in [5.74, 6) is 0. The van der Waals surface area contributed by atoms with E-state index in [1.165, 1.54) is 0 Å². The Morgan fingerprint density at radius 2 is 1.84 bits per heavy atom. The first-order valence-corrected chi connectivity index (χ1v) is 6.15. The summed E-state index contributed by atoms with van der Waals surface area (Å²) in [7, 11) is -4.81. The number of hydrogen-bond donors (Lipinski definition) is 2. The number of nitrogens with two attached hydrogens (primary N) is 2. The average molecular weight is 305 g/mol. The summed E-state index contributed by atoms with van der Waals surface area (Å²) in [4.78, 5) is 1.71. The second kappa shape index (κ2) is 4.98. The molecule has 11 heteroatoms. The number of hydrogen-bond acceptors (Lipinski definition) is 4. The van der Waals surface area contributed by atoms with Gasteiger partial charge in [0.05, 0.1) is 11.3 Å². The number of alkyl halides is 5. The van der Waals surface area contributed by atoms with Crippen molar-refractivity contribution < 1.29 is 30.4 Å². The summed E-state index contributed by atoms with van der Waals surface area (Å²) >= 11 is 0. The molecule has 0 saturated carbocycles. The third kappa shape index (κ3) is 3.36. The van der Waals surface area contributed by atoms with Crippen LogP contribution in [0.15, 0.2) is 11.0 Å². The van der Waals surface area contributed by atoms with Gasteiger partial charge in [0.1, 0.15) is 10.6 Å². The van der Waals surface area contributed by atoms with Gasteiger partial charge in [-0.05, 0) is 6.07 Å². The zero-order valence-corrected chi connectivity index (χ0v) is 9.89. The molecule has 0 aliphatic carbocycles. The van der Waals surface area contributed by atoms with E-state index in [1.807, 2.05) is 0 Å². The van der Waals surface area contributed by atoms with Gasteiger partial charge >= 0.3 is 6.18 Å². The molecule has 0 aromatic carbocycles. The molecule has 0 atom stereocenters. The van der Waals surface area contributed by atoms with Crippen LogP contribution >= 0.6 is 0 Å². The molecule has 0 spiro atoms. The Labute approximate surface area is 104 Å². The zero-order chi connectivity index (χ0) is 15.0. The van der Waals surface area contributed by atoms with Gasteiger partial charge in [0.25, 0.3) is 6.43 Å². The van der Waals surface area contributed by atoms with Crippen molar-refractivity contribution in [3.8, 4) is 0 Å². The highest BCUT2D eigenvalue weighted by atomic mass is 32.2. The lowest BCUT2D eigenvalue weighted by molar-refractivity contribution is -0.140. The molecule has 5 nitrogen and oxygen atoms in total. The van der Waals surface area contributed by atoms with Crippen molar-refractivity contribution in [3.05, 3.63) is 23.0 Å². The van der Waals surface area contributed by atoms with Crippen LogP contribution in [-0.4, -0.2) is 13.4 Å². The smallest absolute Gasteiger partial charge is 0.325 e. The summed E-state index contributed by atoms with van der Waals surface area (Å²) in [6.45, 7) is -0.782. The Morgan fingerprint density at radius 3 is 2.16 bits per heavy atom. The largest absolute Gasteiger partial charge is 0.417 e. The van der Waals surface area contributed by atoms with Crippen molar-refractivity contribution in [2.45, 2.75) is 24.0 Å². The van der Waals surface area contributed by atoms with Crippen LogP contribution in [0.2, 0.25) is 0 Å². The van der Waals surface area contributed by atoms with Gasteiger partial charge in [-0.25, -0.2) is 27.3 Å². The van der Waals surface area contributed by atoms with Gasteiger partial charge in [-0.1, -0.05) is 0 Å². The maximum Gasteiger partial charge on any atom is 0.417 e. The number of nitrogens with zero attached hydrogens (tertiary/aromatic N) is 1. The maximum atomic E-state index is 12.7. The van der Waals surface area contributed by atoms with Crippen LogP contribution in [0.4, 0.5) is 22.0 Å². The third-order valence-electron chi connectivity index (χ3n) is 2.07. The molecule has 19 heavy (non-hydrogen) atoms. The van der Waals surface area contributed by atoms with Crippen LogP contribution in [-0.2, 0) is 22.7 Å². The standard InChI is InChI=1S/C8H8F5N3O2S/c9-7(10)4-1-3(8(11,12)13)6(19(15,17)18)5(2-14)16-4/h1,7H,2,14H2,(H2,15,17,18).